The predicted octanol–water partition coefficient (Wildman–Crippen LogP) is 8.67. The lowest BCUT2D eigenvalue weighted by atomic mass is 9.78. The zero-order chi connectivity index (χ0) is 33.9. The van der Waals surface area contributed by atoms with E-state index in [9.17, 15) is 0 Å². The van der Waals surface area contributed by atoms with E-state index in [1.165, 1.54) is 65.6 Å². The van der Waals surface area contributed by atoms with Gasteiger partial charge in [-0.2, -0.15) is 9.13 Å². The van der Waals surface area contributed by atoms with Crippen molar-refractivity contribution in [2.24, 2.45) is 11.8 Å². The lowest BCUT2D eigenvalue weighted by Crippen LogP contribution is -2.57. The highest BCUT2D eigenvalue weighted by Gasteiger charge is 2.48. The van der Waals surface area contributed by atoms with Crippen molar-refractivity contribution in [1.29, 1.82) is 0 Å². The minimum absolute atomic E-state index is 0.0743. The van der Waals surface area contributed by atoms with Crippen molar-refractivity contribution >= 4 is 24.5 Å². The molecule has 250 valence electrons. The SMILES string of the molecule is C=C1NCC2=C(C(=C)O1)c1cc(CC(C)C)c(C)c[n+]1C(=C)C1C(CC2)c2ccccc2-c2cc(CC3CCCC3)c([Si](C)(C)C)c[n+]21. The molecule has 2 atom stereocenters. The molecule has 1 saturated carbocycles. The molecule has 0 bridgehead atoms. The van der Waals surface area contributed by atoms with Crippen molar-refractivity contribution < 1.29 is 13.9 Å². The maximum atomic E-state index is 6.21. The third-order valence-electron chi connectivity index (χ3n) is 11.4. The van der Waals surface area contributed by atoms with E-state index in [2.05, 4.69) is 117 Å². The Labute approximate surface area is 290 Å². The molecule has 48 heavy (non-hydrogen) atoms. The third-order valence-corrected chi connectivity index (χ3v) is 13.4. The van der Waals surface area contributed by atoms with Crippen LogP contribution in [-0.4, -0.2) is 14.6 Å². The van der Waals surface area contributed by atoms with Crippen LogP contribution >= 0.6 is 0 Å². The number of benzene rings is 1. The summed E-state index contributed by atoms with van der Waals surface area (Å²) in [5.41, 5.74) is 13.1. The fraction of sp³-hybridized carbons (Fsp3) is 0.442. The first kappa shape index (κ1) is 32.8. The van der Waals surface area contributed by atoms with Gasteiger partial charge in [0.25, 0.3) is 0 Å². The van der Waals surface area contributed by atoms with Gasteiger partial charge in [0.2, 0.25) is 23.1 Å². The normalized spacial score (nSPS) is 21.2. The van der Waals surface area contributed by atoms with Crippen molar-refractivity contribution in [2.75, 3.05) is 6.54 Å². The molecule has 0 saturated heterocycles. The molecule has 1 N–H and O–H groups in total. The number of nitrogens with zero attached hydrogens (tertiary/aromatic N) is 2. The van der Waals surface area contributed by atoms with E-state index < -0.39 is 8.07 Å². The molecule has 3 aromatic rings. The minimum atomic E-state index is -1.67. The van der Waals surface area contributed by atoms with Crippen molar-refractivity contribution in [3.05, 3.63) is 114 Å². The molecule has 1 aromatic carbocycles. The summed E-state index contributed by atoms with van der Waals surface area (Å²) in [4.78, 5) is 0. The lowest BCUT2D eigenvalue weighted by Gasteiger charge is -2.32. The quantitative estimate of drug-likeness (QED) is 0.220. The summed E-state index contributed by atoms with van der Waals surface area (Å²) in [5, 5.41) is 5.05. The second-order valence-electron chi connectivity index (χ2n) is 16.4. The number of nitrogens with one attached hydrogen (secondary N) is 1. The topological polar surface area (TPSA) is 29.0 Å². The second-order valence-corrected chi connectivity index (χ2v) is 21.4. The molecule has 4 nitrogen and oxygen atoms in total. The lowest BCUT2D eigenvalue weighted by molar-refractivity contribution is -0.728. The van der Waals surface area contributed by atoms with Gasteiger partial charge in [0, 0.05) is 35.0 Å². The standard InChI is InChI=1S/C43H55N3OSi/c1-27(2)20-34-22-40-42-30(5)47-31(6)44-24-33(42)18-19-38-36-16-12-13-17-37(36)39-23-35(21-32-14-10-11-15-32)41(48(7,8)9)26-46(39)43(38)29(4)45(40)25-28(34)3/h12-13,16-17,22-23,25-27,32,38,43-44H,4-6,10-11,14-15,18-21,24H2,1-3,7-9H3/q+2. The van der Waals surface area contributed by atoms with Gasteiger partial charge in [0.1, 0.15) is 5.76 Å². The van der Waals surface area contributed by atoms with E-state index in [1.54, 1.807) is 10.8 Å². The van der Waals surface area contributed by atoms with Gasteiger partial charge < -0.3 is 10.1 Å². The van der Waals surface area contributed by atoms with E-state index in [0.717, 1.165) is 42.1 Å². The van der Waals surface area contributed by atoms with E-state index >= 15 is 0 Å². The summed E-state index contributed by atoms with van der Waals surface area (Å²) >= 11 is 0. The van der Waals surface area contributed by atoms with Crippen molar-refractivity contribution in [1.82, 2.24) is 5.32 Å². The van der Waals surface area contributed by atoms with E-state index in [0.29, 0.717) is 24.1 Å². The number of ether oxygens (including phenoxy) is 1. The summed E-state index contributed by atoms with van der Waals surface area (Å²) in [6.45, 7) is 28.7. The fourth-order valence-corrected chi connectivity index (χ4v) is 10.7. The molecule has 3 aliphatic heterocycles. The smallest absolute Gasteiger partial charge is 0.249 e. The number of aryl methyl sites for hydroxylation is 1. The molecule has 5 heterocycles. The first-order valence-corrected chi connectivity index (χ1v) is 21.8. The van der Waals surface area contributed by atoms with Gasteiger partial charge in [0.15, 0.2) is 18.3 Å². The van der Waals surface area contributed by atoms with Crippen molar-refractivity contribution in [3.63, 3.8) is 0 Å². The zero-order valence-electron chi connectivity index (χ0n) is 30.2. The molecular weight excluding hydrogens is 603 g/mol. The molecule has 2 aromatic heterocycles. The number of hydrogen-bond acceptors (Lipinski definition) is 2. The number of pyridine rings is 2. The number of fused-ring (bicyclic) bond motifs is 8. The Morgan fingerprint density at radius 3 is 2.42 bits per heavy atom. The molecule has 1 aliphatic carbocycles. The van der Waals surface area contributed by atoms with Gasteiger partial charge in [-0.25, -0.2) is 0 Å². The maximum absolute atomic E-state index is 6.21. The van der Waals surface area contributed by atoms with Crippen LogP contribution < -0.4 is 19.6 Å². The molecule has 0 radical (unpaired) electrons. The van der Waals surface area contributed by atoms with Gasteiger partial charge in [-0.3, -0.25) is 0 Å². The second kappa shape index (κ2) is 12.6. The molecule has 0 amide bonds. The average Bonchev–Trinajstić information content (AvgIpc) is 3.50. The fourth-order valence-electron chi connectivity index (χ4n) is 9.07. The van der Waals surface area contributed by atoms with Crippen LogP contribution in [0.15, 0.2) is 85.7 Å². The monoisotopic (exact) mass is 657 g/mol. The highest BCUT2D eigenvalue weighted by Crippen LogP contribution is 2.46. The van der Waals surface area contributed by atoms with Gasteiger partial charge in [0.05, 0.1) is 19.6 Å². The first-order valence-electron chi connectivity index (χ1n) is 18.3. The number of rotatable bonds is 5. The van der Waals surface area contributed by atoms with Crippen LogP contribution in [0.5, 0.6) is 0 Å². The first-order chi connectivity index (χ1) is 22.9. The Morgan fingerprint density at radius 2 is 1.69 bits per heavy atom. The Bertz CT molecular complexity index is 1850. The number of hydrogen-bond donors (Lipinski definition) is 1. The van der Waals surface area contributed by atoms with E-state index in [1.807, 2.05) is 0 Å². The average molecular weight is 658 g/mol. The molecule has 4 aliphatic rings. The van der Waals surface area contributed by atoms with Gasteiger partial charge in [-0.1, -0.05) is 83.9 Å². The highest BCUT2D eigenvalue weighted by atomic mass is 28.3. The summed E-state index contributed by atoms with van der Waals surface area (Å²) in [6, 6.07) is 14.3. The van der Waals surface area contributed by atoms with Crippen molar-refractivity contribution in [3.8, 4) is 11.3 Å². The molecule has 0 spiro atoms. The summed E-state index contributed by atoms with van der Waals surface area (Å²) in [5.74, 6) is 2.85. The van der Waals surface area contributed by atoms with Gasteiger partial charge in [-0.15, -0.1) is 0 Å². The van der Waals surface area contributed by atoms with Crippen LogP contribution in [0.2, 0.25) is 19.6 Å². The zero-order valence-corrected chi connectivity index (χ0v) is 31.2. The van der Waals surface area contributed by atoms with Crippen LogP contribution in [0.25, 0.3) is 22.5 Å². The Balaban J connectivity index is 1.48. The molecule has 2 unspecified atom stereocenters. The van der Waals surface area contributed by atoms with Crippen LogP contribution in [-0.2, 0) is 17.6 Å². The van der Waals surface area contributed by atoms with Crippen LogP contribution in [0.1, 0.15) is 92.3 Å². The Morgan fingerprint density at radius 1 is 0.958 bits per heavy atom. The molecule has 1 fully saturated rings. The predicted molar refractivity (Wildman–Crippen MR) is 201 cm³/mol. The summed E-state index contributed by atoms with van der Waals surface area (Å²) in [7, 11) is -1.67. The van der Waals surface area contributed by atoms with Crippen LogP contribution in [0.4, 0.5) is 0 Å². The Kier molecular flexibility index (Phi) is 8.64. The molecule has 5 heteroatoms. The maximum Gasteiger partial charge on any atom is 0.249 e. The number of aromatic nitrogens is 2. The van der Waals surface area contributed by atoms with Gasteiger partial charge >= 0.3 is 0 Å². The van der Waals surface area contributed by atoms with Crippen LogP contribution in [0.3, 0.4) is 0 Å². The van der Waals surface area contributed by atoms with Crippen LogP contribution in [0, 0.1) is 18.8 Å². The van der Waals surface area contributed by atoms with E-state index in [4.69, 9.17) is 11.3 Å². The Hall–Kier alpha value is -3.70. The number of allylic oxidation sites excluding steroid dienone is 2. The highest BCUT2D eigenvalue weighted by molar-refractivity contribution is 6.89. The largest absolute Gasteiger partial charge is 0.442 e. The van der Waals surface area contributed by atoms with E-state index in [-0.39, 0.29) is 12.0 Å². The molecular formula is C43H55N3OSi+2. The summed E-state index contributed by atoms with van der Waals surface area (Å²) < 4.78 is 11.3. The minimum Gasteiger partial charge on any atom is -0.442 e. The van der Waals surface area contributed by atoms with Gasteiger partial charge in [-0.05, 0) is 85.9 Å². The molecule has 7 rings (SSSR count). The summed E-state index contributed by atoms with van der Waals surface area (Å²) in [6.07, 6.45) is 14.6. The van der Waals surface area contributed by atoms with Crippen molar-refractivity contribution in [2.45, 2.75) is 104 Å². The third kappa shape index (κ3) is 5.93.